The van der Waals surface area contributed by atoms with Crippen LogP contribution < -0.4 is 15.5 Å². The Morgan fingerprint density at radius 3 is 2.37 bits per heavy atom. The summed E-state index contributed by atoms with van der Waals surface area (Å²) in [5.74, 6) is -1.71. The molecule has 1 unspecified atom stereocenters. The topological polar surface area (TPSA) is 145 Å². The second kappa shape index (κ2) is 10.2. The molecule has 4 aliphatic heterocycles. The van der Waals surface area contributed by atoms with Crippen molar-refractivity contribution in [3.63, 3.8) is 0 Å². The van der Waals surface area contributed by atoms with Gasteiger partial charge in [-0.2, -0.15) is 0 Å². The summed E-state index contributed by atoms with van der Waals surface area (Å²) < 4.78 is 15.3. The van der Waals surface area contributed by atoms with Gasteiger partial charge in [-0.15, -0.1) is 0 Å². The third-order valence-electron chi connectivity index (χ3n) is 8.47. The quantitative estimate of drug-likeness (QED) is 0.527. The Morgan fingerprint density at radius 2 is 1.71 bits per heavy atom. The van der Waals surface area contributed by atoms with Crippen LogP contribution in [0.3, 0.4) is 0 Å². The molecule has 12 nitrogen and oxygen atoms in total. The number of anilines is 2. The van der Waals surface area contributed by atoms with E-state index in [1.54, 1.807) is 11.8 Å². The number of halogens is 1. The van der Waals surface area contributed by atoms with Gasteiger partial charge < -0.3 is 15.1 Å². The molecule has 2 N–H and O–H groups in total. The van der Waals surface area contributed by atoms with E-state index in [0.717, 1.165) is 28.0 Å². The Balaban J connectivity index is 1.20. The summed E-state index contributed by atoms with van der Waals surface area (Å²) in [6.45, 7) is 3.58. The number of carbonyl (C=O) groups excluding carboxylic acids is 5. The molecule has 1 aromatic carbocycles. The van der Waals surface area contributed by atoms with Crippen molar-refractivity contribution in [1.82, 2.24) is 25.1 Å². The summed E-state index contributed by atoms with van der Waals surface area (Å²) >= 11 is 0. The van der Waals surface area contributed by atoms with Crippen LogP contribution in [0.15, 0.2) is 12.1 Å². The highest BCUT2D eigenvalue weighted by Crippen LogP contribution is 2.36. The molecule has 2 aromatic rings. The first kappa shape index (κ1) is 26.8. The molecular weight excluding hydrogens is 533 g/mol. The zero-order chi connectivity index (χ0) is 29.0. The maximum Gasteiger partial charge on any atom is 0.262 e. The van der Waals surface area contributed by atoms with Crippen LogP contribution in [0.5, 0.6) is 0 Å². The Bertz CT molecular complexity index is 1500. The van der Waals surface area contributed by atoms with E-state index in [4.69, 9.17) is 9.97 Å². The molecule has 2 fully saturated rings. The maximum absolute atomic E-state index is 15.3. The van der Waals surface area contributed by atoms with Crippen molar-refractivity contribution in [1.29, 1.82) is 0 Å². The summed E-state index contributed by atoms with van der Waals surface area (Å²) in [6.07, 6.45) is 2.01. The molecule has 5 heterocycles. The number of nitrogens with one attached hydrogen (secondary N) is 2. The number of nitrogens with zero attached hydrogens (tertiary/aromatic N) is 5. The number of fused-ring (bicyclic) bond motifs is 2. The zero-order valence-electron chi connectivity index (χ0n) is 22.8. The molecule has 0 saturated carbocycles. The van der Waals surface area contributed by atoms with Crippen LogP contribution in [0.25, 0.3) is 0 Å². The molecule has 0 spiro atoms. The van der Waals surface area contributed by atoms with E-state index in [-0.39, 0.29) is 41.5 Å². The smallest absolute Gasteiger partial charge is 0.262 e. The molecule has 4 aliphatic rings. The molecule has 6 rings (SSSR count). The van der Waals surface area contributed by atoms with E-state index in [1.807, 2.05) is 11.9 Å². The number of hydrogen-bond donors (Lipinski definition) is 2. The van der Waals surface area contributed by atoms with E-state index in [9.17, 15) is 24.0 Å². The molecule has 2 saturated heterocycles. The largest absolute Gasteiger partial charge is 0.373 e. The minimum atomic E-state index is -1.11. The van der Waals surface area contributed by atoms with Gasteiger partial charge in [0.2, 0.25) is 17.7 Å². The Labute approximate surface area is 235 Å². The van der Waals surface area contributed by atoms with Crippen molar-refractivity contribution >= 4 is 41.0 Å². The van der Waals surface area contributed by atoms with Gasteiger partial charge in [0.15, 0.2) is 0 Å². The third kappa shape index (κ3) is 4.58. The molecule has 13 heteroatoms. The van der Waals surface area contributed by atoms with Gasteiger partial charge >= 0.3 is 0 Å². The van der Waals surface area contributed by atoms with Gasteiger partial charge in [-0.05, 0) is 37.8 Å². The molecule has 0 aliphatic carbocycles. The molecule has 214 valence electrons. The van der Waals surface area contributed by atoms with E-state index < -0.39 is 35.5 Å². The second-order valence-electron chi connectivity index (χ2n) is 10.9. The Hall–Kier alpha value is -4.42. The number of aromatic nitrogens is 2. The number of piperidine rings is 2. The fraction of sp³-hybridized carbons (Fsp3) is 0.464. The fourth-order valence-electron chi connectivity index (χ4n) is 6.21. The van der Waals surface area contributed by atoms with Crippen LogP contribution in [0.2, 0.25) is 0 Å². The third-order valence-corrected chi connectivity index (χ3v) is 8.47. The first-order valence-electron chi connectivity index (χ1n) is 13.8. The minimum absolute atomic E-state index is 0.00640. The van der Waals surface area contributed by atoms with Crippen LogP contribution >= 0.6 is 0 Å². The van der Waals surface area contributed by atoms with E-state index in [1.165, 1.54) is 6.07 Å². The van der Waals surface area contributed by atoms with E-state index in [2.05, 4.69) is 10.6 Å². The van der Waals surface area contributed by atoms with Gasteiger partial charge in [0.1, 0.15) is 23.5 Å². The molecular formula is C28H30FN7O5. The number of rotatable bonds is 4. The predicted molar refractivity (Wildman–Crippen MR) is 144 cm³/mol. The van der Waals surface area contributed by atoms with Gasteiger partial charge in [0.25, 0.3) is 11.8 Å². The predicted octanol–water partition coefficient (Wildman–Crippen LogP) is 1.35. The van der Waals surface area contributed by atoms with Crippen molar-refractivity contribution in [2.24, 2.45) is 0 Å². The van der Waals surface area contributed by atoms with Gasteiger partial charge in [-0.1, -0.05) is 0 Å². The van der Waals surface area contributed by atoms with E-state index in [0.29, 0.717) is 51.3 Å². The number of benzene rings is 1. The van der Waals surface area contributed by atoms with Crippen molar-refractivity contribution in [3.8, 4) is 0 Å². The second-order valence-corrected chi connectivity index (χ2v) is 10.9. The van der Waals surface area contributed by atoms with Crippen molar-refractivity contribution in [2.45, 2.75) is 57.5 Å². The fourth-order valence-corrected chi connectivity index (χ4v) is 6.21. The lowest BCUT2D eigenvalue weighted by Gasteiger charge is -2.34. The molecule has 1 aromatic heterocycles. The van der Waals surface area contributed by atoms with E-state index >= 15 is 4.39 Å². The van der Waals surface area contributed by atoms with Crippen LogP contribution in [-0.2, 0) is 27.3 Å². The summed E-state index contributed by atoms with van der Waals surface area (Å²) in [5.41, 5.74) is 2.05. The van der Waals surface area contributed by atoms with Crippen LogP contribution in [0.1, 0.15) is 76.3 Å². The average molecular weight is 564 g/mol. The molecule has 5 amide bonds. The first-order chi connectivity index (χ1) is 19.7. The van der Waals surface area contributed by atoms with Crippen LogP contribution in [0, 0.1) is 5.82 Å². The van der Waals surface area contributed by atoms with Crippen molar-refractivity contribution in [3.05, 3.63) is 46.2 Å². The monoisotopic (exact) mass is 563 g/mol. The highest BCUT2D eigenvalue weighted by Gasteiger charge is 2.45. The average Bonchev–Trinajstić information content (AvgIpc) is 3.20. The zero-order valence-corrected chi connectivity index (χ0v) is 22.8. The Morgan fingerprint density at radius 1 is 1.00 bits per heavy atom. The van der Waals surface area contributed by atoms with Crippen LogP contribution in [-0.4, -0.2) is 82.0 Å². The first-order valence-corrected chi connectivity index (χ1v) is 13.8. The molecule has 1 atom stereocenters. The summed E-state index contributed by atoms with van der Waals surface area (Å²) in [7, 11) is 1.82. The van der Waals surface area contributed by atoms with Gasteiger partial charge in [-0.25, -0.2) is 14.4 Å². The maximum atomic E-state index is 15.3. The molecule has 0 bridgehead atoms. The van der Waals surface area contributed by atoms with Crippen molar-refractivity contribution in [2.75, 3.05) is 36.9 Å². The highest BCUT2D eigenvalue weighted by molar-refractivity contribution is 6.23. The number of amides is 5. The molecule has 41 heavy (non-hydrogen) atoms. The number of hydrogen-bond acceptors (Lipinski definition) is 9. The SMILES string of the molecule is CNc1nc(C2CCN(c3cc4c(cc3F)C(=O)N(C3CCC(=O)NC3=O)C4=O)CC2)nc2c1CCN(C(C)=O)C2. The van der Waals surface area contributed by atoms with Crippen LogP contribution in [0.4, 0.5) is 15.9 Å². The van der Waals surface area contributed by atoms with Gasteiger partial charge in [0.05, 0.1) is 29.1 Å². The lowest BCUT2D eigenvalue weighted by molar-refractivity contribution is -0.136. The Kier molecular flexibility index (Phi) is 6.66. The number of imide groups is 2. The standard InChI is InChI=1S/C28H30FN7O5/c1-14(37)35-10-7-16-20(13-35)31-24(33-25(16)30-2)15-5-8-34(9-6-15)22-12-18-17(11-19(22)29)27(40)36(28(18)41)21-3-4-23(38)32-26(21)39/h11-12,15,21H,3-10,13H2,1-2H3,(H,30,31,33)(H,32,38,39). The normalized spacial score (nSPS) is 21.1. The van der Waals surface area contributed by atoms with Gasteiger partial charge in [0, 0.05) is 51.5 Å². The summed E-state index contributed by atoms with van der Waals surface area (Å²) in [4.78, 5) is 76.1. The summed E-state index contributed by atoms with van der Waals surface area (Å²) in [5, 5.41) is 5.32. The molecule has 0 radical (unpaired) electrons. The van der Waals surface area contributed by atoms with Crippen molar-refractivity contribution < 1.29 is 28.4 Å². The van der Waals surface area contributed by atoms with Gasteiger partial charge in [-0.3, -0.25) is 34.2 Å². The summed E-state index contributed by atoms with van der Waals surface area (Å²) in [6, 6.07) is 1.35. The lowest BCUT2D eigenvalue weighted by atomic mass is 9.94. The number of carbonyl (C=O) groups is 5. The highest BCUT2D eigenvalue weighted by atomic mass is 19.1. The minimum Gasteiger partial charge on any atom is -0.373 e. The lowest BCUT2D eigenvalue weighted by Crippen LogP contribution is -2.54.